The summed E-state index contributed by atoms with van der Waals surface area (Å²) >= 11 is 0. The molecular weight excluding hydrogens is 498 g/mol. The van der Waals surface area contributed by atoms with Crippen molar-refractivity contribution in [3.05, 3.63) is 29.7 Å². The number of anilines is 2. The number of halogens is 4. The van der Waals surface area contributed by atoms with Crippen LogP contribution in [0.1, 0.15) is 38.0 Å². The molecule has 0 saturated carbocycles. The van der Waals surface area contributed by atoms with Gasteiger partial charge in [0, 0.05) is 37.9 Å². The number of alkyl halides is 2. The Bertz CT molecular complexity index is 1250. The molecule has 2 saturated heterocycles. The predicted octanol–water partition coefficient (Wildman–Crippen LogP) is 2.29. The lowest BCUT2D eigenvalue weighted by Gasteiger charge is -2.41. The first-order valence-corrected chi connectivity index (χ1v) is 12.5. The SMILES string of the molecule is CS(=O)(=O)c1cc(F)c(NC2CCCN(C3CCN(c4noc(C(F)F)n4)C(=O)C3)C2=O)cc1F. The van der Waals surface area contributed by atoms with Crippen LogP contribution < -0.4 is 10.2 Å². The number of piperidine rings is 2. The van der Waals surface area contributed by atoms with Crippen molar-refractivity contribution < 1.29 is 40.1 Å². The second-order valence-corrected chi connectivity index (χ2v) is 10.3. The molecule has 4 rings (SSSR count). The Hall–Kier alpha value is -3.23. The molecule has 2 atom stereocenters. The fourth-order valence-electron chi connectivity index (χ4n) is 4.23. The predicted molar refractivity (Wildman–Crippen MR) is 112 cm³/mol. The van der Waals surface area contributed by atoms with Crippen LogP contribution >= 0.6 is 0 Å². The Morgan fingerprint density at radius 3 is 2.51 bits per heavy atom. The van der Waals surface area contributed by atoms with Gasteiger partial charge in [0.15, 0.2) is 9.84 Å². The first-order valence-electron chi connectivity index (χ1n) is 10.6. The largest absolute Gasteiger partial charge is 0.371 e. The van der Waals surface area contributed by atoms with Crippen LogP contribution in [0.4, 0.5) is 29.2 Å². The first kappa shape index (κ1) is 24.9. The number of carbonyl (C=O) groups is 2. The van der Waals surface area contributed by atoms with Gasteiger partial charge in [-0.2, -0.15) is 13.8 Å². The third-order valence-corrected chi connectivity index (χ3v) is 7.03. The van der Waals surface area contributed by atoms with Gasteiger partial charge >= 0.3 is 6.43 Å². The molecule has 0 radical (unpaired) electrons. The molecule has 2 amide bonds. The molecule has 1 aromatic heterocycles. The molecule has 0 bridgehead atoms. The van der Waals surface area contributed by atoms with Crippen LogP contribution in [0.2, 0.25) is 0 Å². The number of sulfone groups is 1. The highest BCUT2D eigenvalue weighted by molar-refractivity contribution is 7.90. The van der Waals surface area contributed by atoms with Gasteiger partial charge in [0.1, 0.15) is 22.6 Å². The average Bonchev–Trinajstić information content (AvgIpc) is 3.27. The molecule has 1 aromatic carbocycles. The lowest BCUT2D eigenvalue weighted by molar-refractivity contribution is -0.138. The van der Waals surface area contributed by atoms with E-state index >= 15 is 0 Å². The Kier molecular flexibility index (Phi) is 6.71. The molecule has 0 aliphatic carbocycles. The summed E-state index contributed by atoms with van der Waals surface area (Å²) in [6, 6.07) is -0.158. The summed E-state index contributed by atoms with van der Waals surface area (Å²) in [6.45, 7) is 0.414. The van der Waals surface area contributed by atoms with Gasteiger partial charge in [-0.3, -0.25) is 14.5 Å². The molecule has 2 fully saturated rings. The summed E-state index contributed by atoms with van der Waals surface area (Å²) in [5.74, 6) is -4.25. The maximum atomic E-state index is 14.5. The van der Waals surface area contributed by atoms with E-state index in [1.807, 2.05) is 0 Å². The number of hydrogen-bond acceptors (Lipinski definition) is 8. The fraction of sp³-hybridized carbons (Fsp3) is 0.500. The maximum absolute atomic E-state index is 14.5. The van der Waals surface area contributed by atoms with E-state index in [0.29, 0.717) is 37.9 Å². The molecule has 1 N–H and O–H groups in total. The van der Waals surface area contributed by atoms with Crippen molar-refractivity contribution in [2.75, 3.05) is 29.6 Å². The summed E-state index contributed by atoms with van der Waals surface area (Å²) in [6.07, 6.45) is -1.18. The van der Waals surface area contributed by atoms with Gasteiger partial charge in [-0.1, -0.05) is 0 Å². The van der Waals surface area contributed by atoms with Crippen LogP contribution in [0.5, 0.6) is 0 Å². The standard InChI is InChI=1S/C20H21F4N5O5S/c1-35(32,33)15-9-11(21)14(8-12(15)22)25-13-3-2-5-28(19(13)31)10-4-6-29(16(30)7-10)20-26-18(17(23)24)34-27-20/h8-10,13,17,25H,2-7H2,1H3. The zero-order valence-corrected chi connectivity index (χ0v) is 19.2. The molecule has 2 aliphatic heterocycles. The molecule has 15 heteroatoms. The summed E-state index contributed by atoms with van der Waals surface area (Å²) in [7, 11) is -3.98. The van der Waals surface area contributed by atoms with Crippen LogP contribution in [0.15, 0.2) is 21.6 Å². The van der Waals surface area contributed by atoms with Crippen LogP contribution in [0, 0.1) is 11.6 Å². The van der Waals surface area contributed by atoms with Crippen molar-refractivity contribution in [3.8, 4) is 0 Å². The van der Waals surface area contributed by atoms with Crippen molar-refractivity contribution >= 4 is 33.3 Å². The highest BCUT2D eigenvalue weighted by atomic mass is 32.2. The van der Waals surface area contributed by atoms with Gasteiger partial charge in [-0.25, -0.2) is 17.2 Å². The molecule has 2 aromatic rings. The number of rotatable bonds is 6. The third-order valence-electron chi connectivity index (χ3n) is 5.92. The van der Waals surface area contributed by atoms with Crippen molar-refractivity contribution in [1.82, 2.24) is 15.0 Å². The molecule has 0 spiro atoms. The second-order valence-electron chi connectivity index (χ2n) is 8.33. The second kappa shape index (κ2) is 9.43. The summed E-state index contributed by atoms with van der Waals surface area (Å²) in [4.78, 5) is 31.0. The number of carbonyl (C=O) groups excluding carboxylic acids is 2. The summed E-state index contributed by atoms with van der Waals surface area (Å²) < 4.78 is 81.7. The topological polar surface area (TPSA) is 126 Å². The Balaban J connectivity index is 1.44. The zero-order valence-electron chi connectivity index (χ0n) is 18.4. The molecular formula is C20H21F4N5O5S. The average molecular weight is 519 g/mol. The Labute approximate surface area is 197 Å². The number of aromatic nitrogens is 2. The minimum atomic E-state index is -3.98. The molecule has 190 valence electrons. The Morgan fingerprint density at radius 1 is 1.14 bits per heavy atom. The molecule has 2 unspecified atom stereocenters. The monoisotopic (exact) mass is 519 g/mol. The molecule has 35 heavy (non-hydrogen) atoms. The molecule has 3 heterocycles. The lowest BCUT2D eigenvalue weighted by atomic mass is 9.96. The summed E-state index contributed by atoms with van der Waals surface area (Å²) in [5.41, 5.74) is -0.354. The zero-order chi connectivity index (χ0) is 25.5. The van der Waals surface area contributed by atoms with E-state index in [2.05, 4.69) is 20.0 Å². The van der Waals surface area contributed by atoms with Gasteiger partial charge in [-0.05, 0) is 30.5 Å². The number of nitrogens with one attached hydrogen (secondary N) is 1. The minimum Gasteiger partial charge on any atom is -0.371 e. The van der Waals surface area contributed by atoms with Crippen LogP contribution in [0.3, 0.4) is 0 Å². The normalized spacial score (nSPS) is 21.7. The van der Waals surface area contributed by atoms with E-state index in [4.69, 9.17) is 0 Å². The summed E-state index contributed by atoms with van der Waals surface area (Å²) in [5, 5.41) is 6.05. The van der Waals surface area contributed by atoms with E-state index in [1.165, 1.54) is 4.90 Å². The fourth-order valence-corrected chi connectivity index (χ4v) is 4.96. The van der Waals surface area contributed by atoms with Crippen molar-refractivity contribution in [1.29, 1.82) is 0 Å². The molecule has 10 nitrogen and oxygen atoms in total. The number of hydrogen-bond donors (Lipinski definition) is 1. The number of likely N-dealkylation sites (tertiary alicyclic amines) is 1. The maximum Gasteiger partial charge on any atom is 0.316 e. The highest BCUT2D eigenvalue weighted by Gasteiger charge is 2.39. The van der Waals surface area contributed by atoms with Crippen LogP contribution in [-0.2, 0) is 19.4 Å². The van der Waals surface area contributed by atoms with Crippen LogP contribution in [-0.4, -0.2) is 66.7 Å². The van der Waals surface area contributed by atoms with Crippen molar-refractivity contribution in [2.45, 2.75) is 49.1 Å². The van der Waals surface area contributed by atoms with E-state index in [1.54, 1.807) is 0 Å². The van der Waals surface area contributed by atoms with Gasteiger partial charge < -0.3 is 14.7 Å². The number of benzene rings is 1. The van der Waals surface area contributed by atoms with E-state index in [-0.39, 0.29) is 24.6 Å². The van der Waals surface area contributed by atoms with Crippen LogP contribution in [0.25, 0.3) is 0 Å². The number of amides is 2. The lowest BCUT2D eigenvalue weighted by Crippen LogP contribution is -2.56. The van der Waals surface area contributed by atoms with E-state index < -0.39 is 62.6 Å². The van der Waals surface area contributed by atoms with Gasteiger partial charge in [-0.15, -0.1) is 0 Å². The minimum absolute atomic E-state index is 0.0698. The smallest absolute Gasteiger partial charge is 0.316 e. The van der Waals surface area contributed by atoms with E-state index in [9.17, 15) is 35.6 Å². The highest BCUT2D eigenvalue weighted by Crippen LogP contribution is 2.29. The van der Waals surface area contributed by atoms with Crippen molar-refractivity contribution in [2.24, 2.45) is 0 Å². The van der Waals surface area contributed by atoms with Crippen molar-refractivity contribution in [3.63, 3.8) is 0 Å². The number of nitrogens with zero attached hydrogens (tertiary/aromatic N) is 4. The third kappa shape index (κ3) is 5.09. The van der Waals surface area contributed by atoms with Gasteiger partial charge in [0.2, 0.25) is 11.8 Å². The Morgan fingerprint density at radius 2 is 1.89 bits per heavy atom. The van der Waals surface area contributed by atoms with Gasteiger partial charge in [0.25, 0.3) is 11.8 Å². The quantitative estimate of drug-likeness (QED) is 0.577. The molecule has 2 aliphatic rings. The first-order chi connectivity index (χ1) is 16.5. The van der Waals surface area contributed by atoms with Gasteiger partial charge in [0.05, 0.1) is 5.69 Å². The van der Waals surface area contributed by atoms with E-state index in [0.717, 1.165) is 11.2 Å².